The molecule has 0 atom stereocenters. The van der Waals surface area contributed by atoms with Gasteiger partial charge in [0.1, 0.15) is 0 Å². The Labute approximate surface area is 282 Å². The molecule has 49 heavy (non-hydrogen) atoms. The Morgan fingerprint density at radius 3 is 1.35 bits per heavy atom. The van der Waals surface area contributed by atoms with Gasteiger partial charge in [-0.15, -0.1) is 0 Å². The Bertz CT molecular complexity index is 3100. The third kappa shape index (κ3) is 3.67. The van der Waals surface area contributed by atoms with Gasteiger partial charge in [0.2, 0.25) is 0 Å². The number of hydrogen-bond acceptors (Lipinski definition) is 0. The van der Waals surface area contributed by atoms with Crippen LogP contribution in [0.4, 0.5) is 0 Å². The fourth-order valence-electron chi connectivity index (χ4n) is 8.31. The van der Waals surface area contributed by atoms with Crippen LogP contribution in [-0.2, 0) is 0 Å². The van der Waals surface area contributed by atoms with Gasteiger partial charge in [-0.2, -0.15) is 0 Å². The fourth-order valence-corrected chi connectivity index (χ4v) is 8.31. The zero-order valence-electron chi connectivity index (χ0n) is 26.6. The Kier molecular flexibility index (Phi) is 5.38. The standard InChI is InChI=1S/C46H29N3/c1-2-14-32(15-3-1)47-41-19-9-6-16-35(41)38-25-24-34(29-44(38)47)49-43-21-11-8-18-37(43)40-27-26-39-36-17-7-10-20-42(36)48(45(39)46(40)49)33-23-22-30-12-4-5-13-31(30)28-33/h1-29H. The molecule has 3 heteroatoms. The highest BCUT2D eigenvalue weighted by Crippen LogP contribution is 2.43. The van der Waals surface area contributed by atoms with Gasteiger partial charge in [0, 0.05) is 49.4 Å². The average molecular weight is 624 g/mol. The fraction of sp³-hybridized carbons (Fsp3) is 0. The lowest BCUT2D eigenvalue weighted by Crippen LogP contribution is -1.99. The number of fused-ring (bicyclic) bond motifs is 11. The molecule has 3 heterocycles. The van der Waals surface area contributed by atoms with Crippen LogP contribution < -0.4 is 0 Å². The predicted molar refractivity (Wildman–Crippen MR) is 207 cm³/mol. The molecule has 0 radical (unpaired) electrons. The van der Waals surface area contributed by atoms with Crippen molar-refractivity contribution in [3.63, 3.8) is 0 Å². The topological polar surface area (TPSA) is 14.8 Å². The van der Waals surface area contributed by atoms with Crippen LogP contribution in [-0.4, -0.2) is 13.7 Å². The summed E-state index contributed by atoms with van der Waals surface area (Å²) in [4.78, 5) is 0. The third-order valence-corrected chi connectivity index (χ3v) is 10.4. The van der Waals surface area contributed by atoms with E-state index in [1.807, 2.05) is 0 Å². The van der Waals surface area contributed by atoms with Crippen LogP contribution in [0.1, 0.15) is 0 Å². The Balaban J connectivity index is 1.31. The lowest BCUT2D eigenvalue weighted by molar-refractivity contribution is 1.14. The summed E-state index contributed by atoms with van der Waals surface area (Å²) in [5, 5.41) is 9.98. The van der Waals surface area contributed by atoms with Gasteiger partial charge in [-0.3, -0.25) is 0 Å². The van der Waals surface area contributed by atoms with Crippen molar-refractivity contribution in [3.8, 4) is 17.1 Å². The van der Waals surface area contributed by atoms with Crippen LogP contribution >= 0.6 is 0 Å². The van der Waals surface area contributed by atoms with Crippen LogP contribution in [0, 0.1) is 0 Å². The van der Waals surface area contributed by atoms with Crippen LogP contribution in [0.3, 0.4) is 0 Å². The van der Waals surface area contributed by atoms with Crippen molar-refractivity contribution in [1.29, 1.82) is 0 Å². The van der Waals surface area contributed by atoms with Gasteiger partial charge in [-0.05, 0) is 65.4 Å². The predicted octanol–water partition coefficient (Wildman–Crippen LogP) is 12.1. The molecule has 11 rings (SSSR count). The molecule has 8 aromatic carbocycles. The molecule has 3 nitrogen and oxygen atoms in total. The molecule has 228 valence electrons. The maximum Gasteiger partial charge on any atom is 0.0788 e. The van der Waals surface area contributed by atoms with E-state index in [9.17, 15) is 0 Å². The molecular weight excluding hydrogens is 595 g/mol. The lowest BCUT2D eigenvalue weighted by Gasteiger charge is -2.14. The minimum absolute atomic E-state index is 1.14. The van der Waals surface area contributed by atoms with Crippen molar-refractivity contribution in [2.24, 2.45) is 0 Å². The Morgan fingerprint density at radius 2 is 0.694 bits per heavy atom. The van der Waals surface area contributed by atoms with Crippen molar-refractivity contribution < 1.29 is 0 Å². The number of nitrogens with zero attached hydrogens (tertiary/aromatic N) is 3. The van der Waals surface area contributed by atoms with Crippen LogP contribution in [0.15, 0.2) is 176 Å². The molecule has 0 aliphatic rings. The van der Waals surface area contributed by atoms with Gasteiger partial charge in [-0.25, -0.2) is 0 Å². The van der Waals surface area contributed by atoms with E-state index in [2.05, 4.69) is 190 Å². The van der Waals surface area contributed by atoms with E-state index in [-0.39, 0.29) is 0 Å². The molecule has 0 aliphatic carbocycles. The number of para-hydroxylation sites is 4. The third-order valence-electron chi connectivity index (χ3n) is 10.4. The molecular formula is C46H29N3. The minimum Gasteiger partial charge on any atom is -0.309 e. The van der Waals surface area contributed by atoms with E-state index in [0.29, 0.717) is 0 Å². The van der Waals surface area contributed by atoms with E-state index < -0.39 is 0 Å². The molecule has 3 aromatic heterocycles. The zero-order chi connectivity index (χ0) is 32.1. The highest BCUT2D eigenvalue weighted by atomic mass is 15.1. The van der Waals surface area contributed by atoms with Gasteiger partial charge in [0.05, 0.1) is 33.1 Å². The van der Waals surface area contributed by atoms with Gasteiger partial charge in [-0.1, -0.05) is 121 Å². The highest BCUT2D eigenvalue weighted by Gasteiger charge is 2.22. The number of hydrogen-bond donors (Lipinski definition) is 0. The Hall–Kier alpha value is -6.58. The summed E-state index contributed by atoms with van der Waals surface area (Å²) in [5.74, 6) is 0. The van der Waals surface area contributed by atoms with Crippen molar-refractivity contribution in [1.82, 2.24) is 13.7 Å². The van der Waals surface area contributed by atoms with E-state index in [1.165, 1.54) is 76.2 Å². The first-order chi connectivity index (χ1) is 24.3. The van der Waals surface area contributed by atoms with Gasteiger partial charge in [0.15, 0.2) is 0 Å². The average Bonchev–Trinajstić information content (AvgIpc) is 3.80. The summed E-state index contributed by atoms with van der Waals surface area (Å²) in [6.45, 7) is 0. The van der Waals surface area contributed by atoms with Gasteiger partial charge in [0.25, 0.3) is 0 Å². The van der Waals surface area contributed by atoms with Crippen molar-refractivity contribution in [2.75, 3.05) is 0 Å². The first-order valence-corrected chi connectivity index (χ1v) is 16.9. The van der Waals surface area contributed by atoms with Gasteiger partial charge >= 0.3 is 0 Å². The summed E-state index contributed by atoms with van der Waals surface area (Å²) >= 11 is 0. The van der Waals surface area contributed by atoms with E-state index in [1.54, 1.807) is 0 Å². The summed E-state index contributed by atoms with van der Waals surface area (Å²) in [6.07, 6.45) is 0. The molecule has 0 saturated heterocycles. The summed E-state index contributed by atoms with van der Waals surface area (Å²) in [5.41, 5.74) is 10.7. The largest absolute Gasteiger partial charge is 0.309 e. The monoisotopic (exact) mass is 623 g/mol. The molecule has 0 fully saturated rings. The summed E-state index contributed by atoms with van der Waals surface area (Å²) < 4.78 is 7.38. The number of aromatic nitrogens is 3. The van der Waals surface area contributed by atoms with E-state index in [0.717, 1.165) is 17.1 Å². The van der Waals surface area contributed by atoms with E-state index >= 15 is 0 Å². The molecule has 0 N–H and O–H groups in total. The van der Waals surface area contributed by atoms with Crippen LogP contribution in [0.25, 0.3) is 93.3 Å². The highest BCUT2D eigenvalue weighted by molar-refractivity contribution is 6.24. The number of rotatable bonds is 3. The normalized spacial score (nSPS) is 12.1. The second-order valence-corrected chi connectivity index (χ2v) is 13.0. The molecule has 11 aromatic rings. The molecule has 0 saturated carbocycles. The second-order valence-electron chi connectivity index (χ2n) is 13.0. The Morgan fingerprint density at radius 1 is 0.245 bits per heavy atom. The quantitative estimate of drug-likeness (QED) is 0.186. The molecule has 0 bridgehead atoms. The first kappa shape index (κ1) is 26.5. The molecule has 0 spiro atoms. The van der Waals surface area contributed by atoms with Crippen molar-refractivity contribution in [2.45, 2.75) is 0 Å². The SMILES string of the molecule is c1ccc(-n2c3ccccc3c3ccc(-n4c5ccccc5c5ccc6c7ccccc7n(-c7ccc8ccccc8c7)c6c54)cc32)cc1. The molecule has 0 aliphatic heterocycles. The molecule has 0 amide bonds. The zero-order valence-corrected chi connectivity index (χ0v) is 26.6. The maximum absolute atomic E-state index is 2.50. The summed E-state index contributed by atoms with van der Waals surface area (Å²) in [6, 6.07) is 64.3. The lowest BCUT2D eigenvalue weighted by atomic mass is 10.1. The van der Waals surface area contributed by atoms with Crippen LogP contribution in [0.2, 0.25) is 0 Å². The maximum atomic E-state index is 2.50. The van der Waals surface area contributed by atoms with Crippen molar-refractivity contribution in [3.05, 3.63) is 176 Å². The van der Waals surface area contributed by atoms with Crippen LogP contribution in [0.5, 0.6) is 0 Å². The minimum atomic E-state index is 1.14. The molecule has 0 unspecified atom stereocenters. The first-order valence-electron chi connectivity index (χ1n) is 16.9. The summed E-state index contributed by atoms with van der Waals surface area (Å²) in [7, 11) is 0. The van der Waals surface area contributed by atoms with Crippen molar-refractivity contribution >= 4 is 76.2 Å². The number of benzene rings is 8. The van der Waals surface area contributed by atoms with E-state index in [4.69, 9.17) is 0 Å². The van der Waals surface area contributed by atoms with Gasteiger partial charge < -0.3 is 13.7 Å². The second kappa shape index (κ2) is 9.96. The smallest absolute Gasteiger partial charge is 0.0788 e.